The van der Waals surface area contributed by atoms with Gasteiger partial charge in [-0.3, -0.25) is 9.79 Å². The highest BCUT2D eigenvalue weighted by atomic mass is 127. The van der Waals surface area contributed by atoms with Crippen molar-refractivity contribution in [3.05, 3.63) is 0 Å². The van der Waals surface area contributed by atoms with Crippen LogP contribution in [0.3, 0.4) is 0 Å². The summed E-state index contributed by atoms with van der Waals surface area (Å²) in [6.45, 7) is 2.39. The number of nitrogens with zero attached hydrogens (tertiary/aromatic N) is 2. The van der Waals surface area contributed by atoms with Crippen molar-refractivity contribution in [2.24, 2.45) is 16.8 Å². The second-order valence-corrected chi connectivity index (χ2v) is 5.51. The average molecular weight is 467 g/mol. The van der Waals surface area contributed by atoms with Gasteiger partial charge in [-0.2, -0.15) is 13.2 Å². The van der Waals surface area contributed by atoms with E-state index in [1.165, 1.54) is 7.11 Å². The summed E-state index contributed by atoms with van der Waals surface area (Å²) in [5.41, 5.74) is 0. The van der Waals surface area contributed by atoms with Gasteiger partial charge in [-0.15, -0.1) is 24.0 Å². The van der Waals surface area contributed by atoms with Gasteiger partial charge in [-0.25, -0.2) is 0 Å². The van der Waals surface area contributed by atoms with Gasteiger partial charge in [0.25, 0.3) is 0 Å². The van der Waals surface area contributed by atoms with Crippen molar-refractivity contribution in [1.82, 2.24) is 10.2 Å². The normalized spacial score (nSPS) is 21.4. The second kappa shape index (κ2) is 11.0. The predicted octanol–water partition coefficient (Wildman–Crippen LogP) is 1.89. The van der Waals surface area contributed by atoms with Crippen molar-refractivity contribution < 1.29 is 27.4 Å². The van der Waals surface area contributed by atoms with Crippen LogP contribution >= 0.6 is 24.0 Å². The Morgan fingerprint density at radius 1 is 1.38 bits per heavy atom. The Hall–Kier alpha value is -0.780. The van der Waals surface area contributed by atoms with Crippen LogP contribution in [0.2, 0.25) is 0 Å². The van der Waals surface area contributed by atoms with Crippen molar-refractivity contribution in [2.75, 3.05) is 47.0 Å². The predicted molar refractivity (Wildman–Crippen MR) is 94.5 cm³/mol. The molecule has 0 saturated carbocycles. The first-order chi connectivity index (χ1) is 10.8. The SMILES string of the molecule is CN=C(NCCCOCC(F)(F)F)N1CC(C)C(C(=O)OC)C1.I. The lowest BCUT2D eigenvalue weighted by Crippen LogP contribution is -2.41. The number of carbonyl (C=O) groups excluding carboxylic acids is 1. The molecular formula is C14H25F3IN3O3. The van der Waals surface area contributed by atoms with Gasteiger partial charge in [0.1, 0.15) is 6.61 Å². The lowest BCUT2D eigenvalue weighted by atomic mass is 9.99. The Balaban J connectivity index is 0.00000529. The van der Waals surface area contributed by atoms with Gasteiger partial charge < -0.3 is 19.7 Å². The van der Waals surface area contributed by atoms with Gasteiger partial charge in [0.15, 0.2) is 5.96 Å². The molecule has 1 N–H and O–H groups in total. The molecule has 1 saturated heterocycles. The first kappa shape index (κ1) is 23.2. The maximum absolute atomic E-state index is 11.9. The summed E-state index contributed by atoms with van der Waals surface area (Å²) in [4.78, 5) is 17.8. The van der Waals surface area contributed by atoms with Gasteiger partial charge >= 0.3 is 12.1 Å². The fraction of sp³-hybridized carbons (Fsp3) is 0.857. The monoisotopic (exact) mass is 467 g/mol. The first-order valence-corrected chi connectivity index (χ1v) is 7.46. The molecule has 1 fully saturated rings. The van der Waals surface area contributed by atoms with Crippen LogP contribution in [0.1, 0.15) is 13.3 Å². The van der Waals surface area contributed by atoms with Crippen LogP contribution in [-0.2, 0) is 14.3 Å². The molecular weight excluding hydrogens is 442 g/mol. The Kier molecular flexibility index (Phi) is 10.6. The molecule has 24 heavy (non-hydrogen) atoms. The highest BCUT2D eigenvalue weighted by molar-refractivity contribution is 14.0. The van der Waals surface area contributed by atoms with Crippen LogP contribution in [0, 0.1) is 11.8 Å². The smallest absolute Gasteiger partial charge is 0.411 e. The van der Waals surface area contributed by atoms with Crippen molar-refractivity contribution in [2.45, 2.75) is 19.5 Å². The molecule has 2 unspecified atom stereocenters. The lowest BCUT2D eigenvalue weighted by molar-refractivity contribution is -0.173. The van der Waals surface area contributed by atoms with E-state index in [0.717, 1.165) is 0 Å². The van der Waals surface area contributed by atoms with Crippen LogP contribution in [-0.4, -0.2) is 70.0 Å². The fourth-order valence-electron chi connectivity index (χ4n) is 2.49. The van der Waals surface area contributed by atoms with E-state index in [2.05, 4.69) is 15.0 Å². The molecule has 0 aromatic rings. The molecule has 0 aromatic carbocycles. The lowest BCUT2D eigenvalue weighted by Gasteiger charge is -2.21. The Bertz CT molecular complexity index is 422. The maximum Gasteiger partial charge on any atom is 0.411 e. The van der Waals surface area contributed by atoms with E-state index in [1.807, 2.05) is 11.8 Å². The quantitative estimate of drug-likeness (QED) is 0.213. The third kappa shape index (κ3) is 7.86. The molecule has 0 amide bonds. The molecule has 1 aliphatic rings. The number of hydrogen-bond acceptors (Lipinski definition) is 4. The van der Waals surface area contributed by atoms with E-state index in [-0.39, 0.29) is 48.4 Å². The van der Waals surface area contributed by atoms with Gasteiger partial charge in [0.05, 0.1) is 13.0 Å². The number of rotatable bonds is 6. The number of methoxy groups -OCH3 is 1. The molecule has 1 rings (SSSR count). The van der Waals surface area contributed by atoms with Gasteiger partial charge in [-0.05, 0) is 12.3 Å². The minimum atomic E-state index is -4.29. The topological polar surface area (TPSA) is 63.2 Å². The molecule has 142 valence electrons. The zero-order chi connectivity index (χ0) is 17.5. The molecule has 1 aliphatic heterocycles. The van der Waals surface area contributed by atoms with Crippen LogP contribution < -0.4 is 5.32 Å². The number of alkyl halides is 3. The summed E-state index contributed by atoms with van der Waals surface area (Å²) in [5, 5.41) is 3.07. The number of esters is 1. The summed E-state index contributed by atoms with van der Waals surface area (Å²) in [7, 11) is 2.99. The van der Waals surface area contributed by atoms with Crippen LogP contribution in [0.4, 0.5) is 13.2 Å². The Morgan fingerprint density at radius 2 is 2.04 bits per heavy atom. The Morgan fingerprint density at radius 3 is 2.58 bits per heavy atom. The van der Waals surface area contributed by atoms with Crippen molar-refractivity contribution in [3.63, 3.8) is 0 Å². The fourth-order valence-corrected chi connectivity index (χ4v) is 2.49. The minimum Gasteiger partial charge on any atom is -0.469 e. The maximum atomic E-state index is 11.9. The Labute approximate surface area is 157 Å². The number of likely N-dealkylation sites (tertiary alicyclic amines) is 1. The molecule has 10 heteroatoms. The highest BCUT2D eigenvalue weighted by Gasteiger charge is 2.36. The molecule has 2 atom stereocenters. The van der Waals surface area contributed by atoms with Crippen LogP contribution in [0.15, 0.2) is 4.99 Å². The van der Waals surface area contributed by atoms with E-state index in [1.54, 1.807) is 7.05 Å². The third-order valence-corrected chi connectivity index (χ3v) is 3.64. The minimum absolute atomic E-state index is 0. The first-order valence-electron chi connectivity index (χ1n) is 7.46. The zero-order valence-corrected chi connectivity index (χ0v) is 16.4. The number of nitrogens with one attached hydrogen (secondary N) is 1. The summed E-state index contributed by atoms with van der Waals surface area (Å²) >= 11 is 0. The highest BCUT2D eigenvalue weighted by Crippen LogP contribution is 2.24. The van der Waals surface area contributed by atoms with E-state index in [0.29, 0.717) is 32.0 Å². The zero-order valence-electron chi connectivity index (χ0n) is 14.1. The van der Waals surface area contributed by atoms with Crippen molar-refractivity contribution in [3.8, 4) is 0 Å². The van der Waals surface area contributed by atoms with Gasteiger partial charge in [-0.1, -0.05) is 6.92 Å². The largest absolute Gasteiger partial charge is 0.469 e. The number of aliphatic imine (C=N–C) groups is 1. The van der Waals surface area contributed by atoms with Crippen molar-refractivity contribution in [1.29, 1.82) is 0 Å². The molecule has 0 aliphatic carbocycles. The molecule has 0 bridgehead atoms. The number of ether oxygens (including phenoxy) is 2. The number of hydrogen-bond donors (Lipinski definition) is 1. The van der Waals surface area contributed by atoms with Gasteiger partial charge in [0, 0.05) is 33.3 Å². The summed E-state index contributed by atoms with van der Waals surface area (Å²) in [6, 6.07) is 0. The number of carbonyl (C=O) groups is 1. The molecule has 6 nitrogen and oxygen atoms in total. The van der Waals surface area contributed by atoms with Crippen molar-refractivity contribution >= 4 is 35.9 Å². The number of halogens is 4. The van der Waals surface area contributed by atoms with E-state index >= 15 is 0 Å². The summed E-state index contributed by atoms with van der Waals surface area (Å²) in [5.74, 6) is 0.333. The van der Waals surface area contributed by atoms with E-state index in [9.17, 15) is 18.0 Å². The molecule has 0 spiro atoms. The molecule has 0 radical (unpaired) electrons. The standard InChI is InChI=1S/C14H24F3N3O3.HI/c1-10-7-20(8-11(10)12(21)22-3)13(18-2)19-5-4-6-23-9-14(15,16)17;/h10-11H,4-9H2,1-3H3,(H,18,19);1H. The van der Waals surface area contributed by atoms with Crippen LogP contribution in [0.25, 0.3) is 0 Å². The van der Waals surface area contributed by atoms with E-state index in [4.69, 9.17) is 4.74 Å². The van der Waals surface area contributed by atoms with Gasteiger partial charge in [0.2, 0.25) is 0 Å². The van der Waals surface area contributed by atoms with Crippen LogP contribution in [0.5, 0.6) is 0 Å². The summed E-state index contributed by atoms with van der Waals surface area (Å²) in [6.07, 6.45) is -3.86. The third-order valence-electron chi connectivity index (χ3n) is 3.64. The average Bonchev–Trinajstić information content (AvgIpc) is 2.86. The summed E-state index contributed by atoms with van der Waals surface area (Å²) < 4.78 is 45.1. The van der Waals surface area contributed by atoms with E-state index < -0.39 is 12.8 Å². The number of guanidine groups is 1. The second-order valence-electron chi connectivity index (χ2n) is 5.51. The molecule has 1 heterocycles. The molecule has 0 aromatic heterocycles.